The molecule has 2 N–H and O–H groups in total. The number of dihydropyridines is 1. The van der Waals surface area contributed by atoms with Crippen molar-refractivity contribution in [1.29, 1.82) is 0 Å². The molecule has 3 aliphatic rings. The quantitative estimate of drug-likeness (QED) is 0.120. The molecule has 0 radical (unpaired) electrons. The molecule has 1 fully saturated rings. The predicted octanol–water partition coefficient (Wildman–Crippen LogP) is 4.12. The Balaban J connectivity index is 1.46. The van der Waals surface area contributed by atoms with Crippen molar-refractivity contribution in [3.8, 4) is 0 Å². The van der Waals surface area contributed by atoms with Crippen LogP contribution >= 0.6 is 11.6 Å². The van der Waals surface area contributed by atoms with Crippen LogP contribution in [-0.4, -0.2) is 86.4 Å². The van der Waals surface area contributed by atoms with Crippen LogP contribution in [0.25, 0.3) is 41.8 Å². The van der Waals surface area contributed by atoms with Gasteiger partial charge in [0.2, 0.25) is 5.91 Å². The molecule has 0 saturated carbocycles. The first kappa shape index (κ1) is 31.3. The fourth-order valence-corrected chi connectivity index (χ4v) is 5.02. The van der Waals surface area contributed by atoms with E-state index in [9.17, 15) is 9.59 Å². The summed E-state index contributed by atoms with van der Waals surface area (Å²) in [5.74, 6) is 0.243. The minimum Gasteiger partial charge on any atom is -0.442 e. The number of alkyl halides is 1. The molecular formula is C23H26ClN17O3. The average molecular weight is 624 g/mol. The van der Waals surface area contributed by atoms with E-state index in [1.54, 1.807) is 17.1 Å². The summed E-state index contributed by atoms with van der Waals surface area (Å²) in [6.45, 7) is 0.189. The molecule has 228 valence electrons. The third-order valence-corrected chi connectivity index (χ3v) is 7.25. The van der Waals surface area contributed by atoms with Crippen LogP contribution in [0.3, 0.4) is 0 Å². The maximum absolute atomic E-state index is 13.0. The zero-order valence-electron chi connectivity index (χ0n) is 23.1. The Morgan fingerprint density at radius 1 is 0.932 bits per heavy atom. The van der Waals surface area contributed by atoms with Crippen molar-refractivity contribution in [3.05, 3.63) is 89.7 Å². The molecule has 4 rings (SSSR count). The van der Waals surface area contributed by atoms with Gasteiger partial charge in [0, 0.05) is 57.2 Å². The number of azide groups is 4. The number of rotatable bonds is 11. The van der Waals surface area contributed by atoms with Crippen molar-refractivity contribution < 1.29 is 14.3 Å². The number of nitrogens with one attached hydrogen (secondary N) is 2. The Labute approximate surface area is 254 Å². The fraction of sp³-hybridized carbons (Fsp3) is 0.478. The number of hydrogen-bond acceptors (Lipinski definition) is 10. The minimum absolute atomic E-state index is 0.104. The van der Waals surface area contributed by atoms with Crippen LogP contribution in [0, 0.1) is 0 Å². The van der Waals surface area contributed by atoms with Crippen LogP contribution in [0.1, 0.15) is 0 Å². The number of anilines is 2. The second-order valence-electron chi connectivity index (χ2n) is 9.66. The van der Waals surface area contributed by atoms with E-state index < -0.39 is 42.9 Å². The highest BCUT2D eigenvalue weighted by Crippen LogP contribution is 2.31. The Hall–Kier alpha value is -5.63. The molecule has 1 saturated heterocycles. The monoisotopic (exact) mass is 623 g/mol. The van der Waals surface area contributed by atoms with Gasteiger partial charge in [-0.2, -0.15) is 0 Å². The van der Waals surface area contributed by atoms with E-state index >= 15 is 0 Å². The Morgan fingerprint density at radius 2 is 1.50 bits per heavy atom. The summed E-state index contributed by atoms with van der Waals surface area (Å²) >= 11 is 6.29. The molecule has 2 amide bonds. The molecule has 0 aromatic heterocycles. The van der Waals surface area contributed by atoms with Gasteiger partial charge in [-0.05, 0) is 58.5 Å². The van der Waals surface area contributed by atoms with Gasteiger partial charge < -0.3 is 30.1 Å². The van der Waals surface area contributed by atoms with E-state index in [1.165, 1.54) is 4.90 Å². The van der Waals surface area contributed by atoms with Crippen molar-refractivity contribution in [2.45, 2.75) is 17.1 Å². The van der Waals surface area contributed by atoms with Crippen molar-refractivity contribution >= 4 is 35.0 Å². The first-order valence-electron chi connectivity index (χ1n) is 13.1. The lowest BCUT2D eigenvalue weighted by molar-refractivity contribution is -0.121. The number of nitrogens with zero attached hydrogens (tertiary/aromatic N) is 15. The number of benzene rings is 1. The summed E-state index contributed by atoms with van der Waals surface area (Å²) in [6, 6.07) is 6.61. The molecule has 44 heavy (non-hydrogen) atoms. The number of hydrogen-bond donors (Lipinski definition) is 2. The third kappa shape index (κ3) is 7.22. The van der Waals surface area contributed by atoms with E-state index in [2.05, 4.69) is 55.6 Å². The average Bonchev–Trinajstić information content (AvgIpc) is 3.04. The zero-order chi connectivity index (χ0) is 31.5. The van der Waals surface area contributed by atoms with Gasteiger partial charge in [0.25, 0.3) is 0 Å². The molecular weight excluding hydrogens is 598 g/mol. The number of allylic oxidation sites excluding steroid dienone is 1. The molecule has 21 heteroatoms. The fourth-order valence-electron chi connectivity index (χ4n) is 4.84. The summed E-state index contributed by atoms with van der Waals surface area (Å²) in [4.78, 5) is 42.0. The highest BCUT2D eigenvalue weighted by atomic mass is 35.5. The number of amides is 2. The van der Waals surface area contributed by atoms with E-state index in [0.29, 0.717) is 30.3 Å². The van der Waals surface area contributed by atoms with E-state index in [1.807, 2.05) is 24.3 Å². The summed E-state index contributed by atoms with van der Waals surface area (Å²) in [5.41, 5.74) is 35.1. The number of piperazine rings is 1. The zero-order valence-corrected chi connectivity index (χ0v) is 23.8. The van der Waals surface area contributed by atoms with Crippen LogP contribution in [-0.2, 0) is 9.53 Å². The highest BCUT2D eigenvalue weighted by molar-refractivity contribution is 6.21. The number of ether oxygens (including phenoxy) is 1. The summed E-state index contributed by atoms with van der Waals surface area (Å²) in [5, 5.41) is 19.9. The Bertz CT molecular complexity index is 1460. The molecule has 0 spiro atoms. The highest BCUT2D eigenvalue weighted by Gasteiger charge is 2.37. The summed E-state index contributed by atoms with van der Waals surface area (Å²) < 4.78 is 5.59. The molecule has 0 bridgehead atoms. The van der Waals surface area contributed by atoms with Gasteiger partial charge in [-0.1, -0.05) is 32.1 Å². The largest absolute Gasteiger partial charge is 0.442 e. The second-order valence-corrected chi connectivity index (χ2v) is 10.1. The van der Waals surface area contributed by atoms with Gasteiger partial charge >= 0.3 is 6.09 Å². The lowest BCUT2D eigenvalue weighted by atomic mass is 10.1. The molecule has 3 heterocycles. The van der Waals surface area contributed by atoms with Crippen molar-refractivity contribution in [2.75, 3.05) is 62.2 Å². The predicted molar refractivity (Wildman–Crippen MR) is 159 cm³/mol. The van der Waals surface area contributed by atoms with Crippen LogP contribution < -0.4 is 20.4 Å². The van der Waals surface area contributed by atoms with E-state index in [-0.39, 0.29) is 25.5 Å². The molecule has 3 aliphatic heterocycles. The van der Waals surface area contributed by atoms with Crippen LogP contribution in [0.2, 0.25) is 0 Å². The maximum atomic E-state index is 13.0. The normalized spacial score (nSPS) is 20.3. The summed E-state index contributed by atoms with van der Waals surface area (Å²) in [7, 11) is 0. The molecule has 0 aliphatic carbocycles. The lowest BCUT2D eigenvalue weighted by Crippen LogP contribution is -2.57. The maximum Gasteiger partial charge on any atom is 0.410 e. The van der Waals surface area contributed by atoms with Crippen LogP contribution in [0.5, 0.6) is 0 Å². The molecule has 20 nitrogen and oxygen atoms in total. The van der Waals surface area contributed by atoms with Gasteiger partial charge in [0.05, 0.1) is 31.9 Å². The van der Waals surface area contributed by atoms with Gasteiger partial charge in [-0.3, -0.25) is 4.79 Å². The Kier molecular flexibility index (Phi) is 10.3. The number of halogens is 1. The van der Waals surface area contributed by atoms with Gasteiger partial charge in [-0.25, -0.2) is 4.79 Å². The Morgan fingerprint density at radius 3 is 2.07 bits per heavy atom. The van der Waals surface area contributed by atoms with Crippen molar-refractivity contribution in [1.82, 2.24) is 15.5 Å². The molecule has 1 aromatic carbocycles. The van der Waals surface area contributed by atoms with Gasteiger partial charge in [0.1, 0.15) is 23.0 Å². The smallest absolute Gasteiger partial charge is 0.410 e. The van der Waals surface area contributed by atoms with Crippen molar-refractivity contribution in [3.63, 3.8) is 0 Å². The standard InChI is InChI=1S/C23H26ClN17O3/c24-19-6-5-17-20(34-19)41(18(11-29-35-25)21(42)33-17)16-3-1-15(2-4-16)39-7-9-40(10-8-39)22(43)44-23(12-30-36-26,13-31-37-27)14-32-38-28/h1-6,18-19,34H,7-14H2,(H,33,42). The van der Waals surface area contributed by atoms with E-state index in [0.717, 1.165) is 5.69 Å². The SMILES string of the molecule is [N-]=[N+]=NCC1C(=O)NC2=C(NC(Cl)C=C2)N1c1ccc(N2CCN(C(=O)OC(CN=[N+]=[N-])(CN=[N+]=[N-])CN=[N+]=[N-])CC2)cc1. The van der Waals surface area contributed by atoms with E-state index in [4.69, 9.17) is 38.5 Å². The molecule has 2 atom stereocenters. The molecule has 2 unspecified atom stereocenters. The van der Waals surface area contributed by atoms with Crippen LogP contribution in [0.4, 0.5) is 16.2 Å². The summed E-state index contributed by atoms with van der Waals surface area (Å²) in [6.07, 6.45) is 2.68. The van der Waals surface area contributed by atoms with Gasteiger partial charge in [-0.15, -0.1) is 0 Å². The minimum atomic E-state index is -1.63. The third-order valence-electron chi connectivity index (χ3n) is 6.99. The number of carbonyl (C=O) groups is 2. The van der Waals surface area contributed by atoms with Gasteiger partial charge in [0.15, 0.2) is 0 Å². The number of carbonyl (C=O) groups excluding carboxylic acids is 2. The first-order chi connectivity index (χ1) is 21.3. The lowest BCUT2D eigenvalue weighted by Gasteiger charge is -2.41. The second kappa shape index (κ2) is 14.5. The topological polar surface area (TPSA) is 272 Å². The molecule has 1 aromatic rings. The first-order valence-corrected chi connectivity index (χ1v) is 13.6. The van der Waals surface area contributed by atoms with Crippen molar-refractivity contribution in [2.24, 2.45) is 20.5 Å². The van der Waals surface area contributed by atoms with Crippen LogP contribution in [0.15, 0.2) is 68.4 Å².